The molecule has 3 rings (SSSR count). The summed E-state index contributed by atoms with van der Waals surface area (Å²) in [6.07, 6.45) is 3.02. The number of carbonyl (C=O) groups excluding carboxylic acids is 1. The van der Waals surface area contributed by atoms with E-state index in [-0.39, 0.29) is 4.90 Å². The smallest absolute Gasteiger partial charge is 0.258 e. The van der Waals surface area contributed by atoms with Crippen LogP contribution in [0.15, 0.2) is 59.8 Å². The van der Waals surface area contributed by atoms with Crippen molar-refractivity contribution in [2.24, 2.45) is 0 Å². The van der Waals surface area contributed by atoms with Gasteiger partial charge in [0.25, 0.3) is 5.91 Å². The number of halogens is 1. The largest absolute Gasteiger partial charge is 0.322 e. The predicted molar refractivity (Wildman–Crippen MR) is 109 cm³/mol. The lowest BCUT2D eigenvalue weighted by atomic mass is 10.2. The van der Waals surface area contributed by atoms with Gasteiger partial charge in [-0.25, -0.2) is 17.4 Å². The summed E-state index contributed by atoms with van der Waals surface area (Å²) < 4.78 is 27.3. The molecular weight excluding hydrogens is 400 g/mol. The Labute approximate surface area is 168 Å². The molecule has 146 valence electrons. The summed E-state index contributed by atoms with van der Waals surface area (Å²) in [6.45, 7) is 1.79. The first-order valence-corrected chi connectivity index (χ1v) is 10.2. The fourth-order valence-corrected chi connectivity index (χ4v) is 3.61. The summed E-state index contributed by atoms with van der Waals surface area (Å²) in [4.78, 5) is 12.7. The Kier molecular flexibility index (Phi) is 5.55. The highest BCUT2D eigenvalue weighted by Crippen LogP contribution is 2.23. The molecule has 0 saturated carbocycles. The van der Waals surface area contributed by atoms with Crippen molar-refractivity contribution in [1.82, 2.24) is 14.1 Å². The third-order valence-electron chi connectivity index (χ3n) is 4.15. The first-order chi connectivity index (χ1) is 13.2. The first kappa shape index (κ1) is 20.1. The Morgan fingerprint density at radius 3 is 2.61 bits per heavy atom. The number of rotatable bonds is 5. The first-order valence-electron chi connectivity index (χ1n) is 8.33. The number of amides is 1. The molecule has 7 nitrogen and oxygen atoms in total. The lowest BCUT2D eigenvalue weighted by molar-refractivity contribution is 0.102. The second-order valence-corrected chi connectivity index (χ2v) is 8.96. The van der Waals surface area contributed by atoms with Crippen LogP contribution in [0.3, 0.4) is 0 Å². The second-order valence-electron chi connectivity index (χ2n) is 6.37. The summed E-state index contributed by atoms with van der Waals surface area (Å²) in [5.41, 5.74) is 2.22. The number of carbonyl (C=O) groups is 1. The molecule has 0 unspecified atom stereocenters. The number of nitrogens with zero attached hydrogens (tertiary/aromatic N) is 3. The molecule has 0 aliphatic carbocycles. The molecule has 0 aliphatic heterocycles. The van der Waals surface area contributed by atoms with Gasteiger partial charge in [-0.1, -0.05) is 23.7 Å². The fraction of sp³-hybridized carbons (Fsp3) is 0.158. The van der Waals surface area contributed by atoms with Crippen molar-refractivity contribution >= 4 is 33.2 Å². The molecule has 1 aromatic heterocycles. The quantitative estimate of drug-likeness (QED) is 0.688. The zero-order chi connectivity index (χ0) is 20.5. The minimum absolute atomic E-state index is 0.105. The van der Waals surface area contributed by atoms with E-state index < -0.39 is 15.9 Å². The molecule has 28 heavy (non-hydrogen) atoms. The highest BCUT2D eigenvalue weighted by atomic mass is 35.5. The molecule has 0 radical (unpaired) electrons. The number of anilines is 1. The van der Waals surface area contributed by atoms with Crippen LogP contribution in [0.25, 0.3) is 5.69 Å². The van der Waals surface area contributed by atoms with E-state index in [1.807, 2.05) is 6.07 Å². The molecule has 1 N–H and O–H groups in total. The van der Waals surface area contributed by atoms with E-state index in [4.69, 9.17) is 11.6 Å². The zero-order valence-electron chi connectivity index (χ0n) is 15.5. The van der Waals surface area contributed by atoms with Gasteiger partial charge in [-0.15, -0.1) is 0 Å². The third kappa shape index (κ3) is 4.09. The minimum Gasteiger partial charge on any atom is -0.322 e. The van der Waals surface area contributed by atoms with E-state index in [0.717, 1.165) is 15.6 Å². The Morgan fingerprint density at radius 1 is 1.18 bits per heavy atom. The Hall–Kier alpha value is -2.68. The van der Waals surface area contributed by atoms with E-state index in [1.54, 1.807) is 42.1 Å². The number of hydrogen-bond acceptors (Lipinski definition) is 4. The van der Waals surface area contributed by atoms with Crippen molar-refractivity contribution in [3.05, 3.63) is 71.0 Å². The van der Waals surface area contributed by atoms with Gasteiger partial charge in [-0.05, 0) is 42.8 Å². The fourth-order valence-electron chi connectivity index (χ4n) is 2.50. The molecule has 0 saturated heterocycles. The standard InChI is InChI=1S/C19H19ClN4O3S/c1-13-7-8-17(28(26,27)23(2)3)10-18(13)22-19(25)14-11-21-24(12-14)16-6-4-5-15(20)9-16/h4-12H,1-3H3,(H,22,25). The van der Waals surface area contributed by atoms with Crippen LogP contribution < -0.4 is 5.32 Å². The number of sulfonamides is 1. The monoisotopic (exact) mass is 418 g/mol. The van der Waals surface area contributed by atoms with Crippen LogP contribution in [0.2, 0.25) is 5.02 Å². The van der Waals surface area contributed by atoms with E-state index in [0.29, 0.717) is 16.3 Å². The van der Waals surface area contributed by atoms with Crippen LogP contribution in [0.5, 0.6) is 0 Å². The SMILES string of the molecule is Cc1ccc(S(=O)(=O)N(C)C)cc1NC(=O)c1cnn(-c2cccc(Cl)c2)c1. The van der Waals surface area contributed by atoms with Gasteiger partial charge in [0.15, 0.2) is 0 Å². The van der Waals surface area contributed by atoms with Crippen LogP contribution >= 0.6 is 11.6 Å². The summed E-state index contributed by atoms with van der Waals surface area (Å²) in [5.74, 6) is -0.393. The molecule has 0 spiro atoms. The van der Waals surface area contributed by atoms with Gasteiger partial charge in [-0.3, -0.25) is 4.79 Å². The highest BCUT2D eigenvalue weighted by Gasteiger charge is 2.19. The topological polar surface area (TPSA) is 84.3 Å². The Balaban J connectivity index is 1.86. The van der Waals surface area contributed by atoms with Gasteiger partial charge in [0, 0.05) is 31.0 Å². The summed E-state index contributed by atoms with van der Waals surface area (Å²) in [6, 6.07) is 11.7. The molecule has 0 atom stereocenters. The van der Waals surface area contributed by atoms with E-state index >= 15 is 0 Å². The summed E-state index contributed by atoms with van der Waals surface area (Å²) in [5, 5.41) is 7.50. The van der Waals surface area contributed by atoms with Crippen molar-refractivity contribution in [2.45, 2.75) is 11.8 Å². The van der Waals surface area contributed by atoms with Gasteiger partial charge in [0.05, 0.1) is 22.3 Å². The minimum atomic E-state index is -3.60. The highest BCUT2D eigenvalue weighted by molar-refractivity contribution is 7.89. The van der Waals surface area contributed by atoms with Crippen LogP contribution in [-0.4, -0.2) is 42.5 Å². The number of benzene rings is 2. The van der Waals surface area contributed by atoms with Crippen LogP contribution in [0.1, 0.15) is 15.9 Å². The predicted octanol–water partition coefficient (Wildman–Crippen LogP) is 3.34. The van der Waals surface area contributed by atoms with E-state index in [9.17, 15) is 13.2 Å². The number of aryl methyl sites for hydroxylation is 1. The molecule has 0 fully saturated rings. The molecule has 0 bridgehead atoms. The lowest BCUT2D eigenvalue weighted by Crippen LogP contribution is -2.22. The van der Waals surface area contributed by atoms with Crippen molar-refractivity contribution in [3.63, 3.8) is 0 Å². The number of hydrogen-bond donors (Lipinski definition) is 1. The molecule has 2 aromatic carbocycles. The molecule has 9 heteroatoms. The Morgan fingerprint density at radius 2 is 1.93 bits per heavy atom. The van der Waals surface area contributed by atoms with Gasteiger partial charge in [0.1, 0.15) is 0 Å². The maximum absolute atomic E-state index is 12.6. The number of nitrogens with one attached hydrogen (secondary N) is 1. The van der Waals surface area contributed by atoms with Crippen molar-refractivity contribution in [2.75, 3.05) is 19.4 Å². The maximum Gasteiger partial charge on any atom is 0.258 e. The number of aromatic nitrogens is 2. The van der Waals surface area contributed by atoms with Gasteiger partial charge in [0.2, 0.25) is 10.0 Å². The molecule has 0 aliphatic rings. The summed E-state index contributed by atoms with van der Waals surface area (Å²) >= 11 is 5.99. The van der Waals surface area contributed by atoms with Crippen LogP contribution in [-0.2, 0) is 10.0 Å². The summed E-state index contributed by atoms with van der Waals surface area (Å²) in [7, 11) is -0.687. The zero-order valence-corrected chi connectivity index (χ0v) is 17.1. The van der Waals surface area contributed by atoms with E-state index in [2.05, 4.69) is 10.4 Å². The van der Waals surface area contributed by atoms with Gasteiger partial charge >= 0.3 is 0 Å². The van der Waals surface area contributed by atoms with Crippen LogP contribution in [0.4, 0.5) is 5.69 Å². The third-order valence-corrected chi connectivity index (χ3v) is 6.20. The van der Waals surface area contributed by atoms with Crippen molar-refractivity contribution in [1.29, 1.82) is 0 Å². The van der Waals surface area contributed by atoms with Crippen LogP contribution in [0, 0.1) is 6.92 Å². The van der Waals surface area contributed by atoms with E-state index in [1.165, 1.54) is 32.4 Å². The molecule has 3 aromatic rings. The molecule has 1 heterocycles. The van der Waals surface area contributed by atoms with Crippen molar-refractivity contribution in [3.8, 4) is 5.69 Å². The maximum atomic E-state index is 12.6. The van der Waals surface area contributed by atoms with Gasteiger partial charge < -0.3 is 5.32 Å². The second kappa shape index (κ2) is 7.75. The molecule has 1 amide bonds. The average Bonchev–Trinajstić information content (AvgIpc) is 3.13. The molecular formula is C19H19ClN4O3S. The normalized spacial score (nSPS) is 11.6. The van der Waals surface area contributed by atoms with Gasteiger partial charge in [-0.2, -0.15) is 5.10 Å². The van der Waals surface area contributed by atoms with Crippen molar-refractivity contribution < 1.29 is 13.2 Å². The lowest BCUT2D eigenvalue weighted by Gasteiger charge is -2.14. The average molecular weight is 419 g/mol. The Bertz CT molecular complexity index is 1140.